The minimum Gasteiger partial charge on any atom is -0.370 e. The molecular formula is C24H23N5O4S. The number of thiophene rings is 1. The van der Waals surface area contributed by atoms with E-state index in [2.05, 4.69) is 21.5 Å². The number of carbonyl (C=O) groups is 3. The second-order valence-electron chi connectivity index (χ2n) is 7.77. The van der Waals surface area contributed by atoms with Crippen LogP contribution in [0.25, 0.3) is 0 Å². The van der Waals surface area contributed by atoms with Crippen LogP contribution in [0.1, 0.15) is 31.8 Å². The van der Waals surface area contributed by atoms with Crippen molar-refractivity contribution < 1.29 is 19.1 Å². The summed E-state index contributed by atoms with van der Waals surface area (Å²) in [5, 5.41) is 5.60. The van der Waals surface area contributed by atoms with Crippen LogP contribution in [0.15, 0.2) is 42.9 Å². The smallest absolute Gasteiger partial charge is 0.262 e. The van der Waals surface area contributed by atoms with Crippen LogP contribution in [0.5, 0.6) is 0 Å². The molecule has 0 aliphatic carbocycles. The van der Waals surface area contributed by atoms with Crippen LogP contribution in [0.3, 0.4) is 0 Å². The Labute approximate surface area is 200 Å². The van der Waals surface area contributed by atoms with Gasteiger partial charge in [-0.3, -0.25) is 14.4 Å². The first-order valence-corrected chi connectivity index (χ1v) is 11.3. The van der Waals surface area contributed by atoms with Crippen LogP contribution < -0.4 is 15.5 Å². The molecule has 1 saturated heterocycles. The van der Waals surface area contributed by atoms with Crippen molar-refractivity contribution in [3.63, 3.8) is 0 Å². The fraction of sp³-hybridized carbons (Fsp3) is 0.250. The summed E-state index contributed by atoms with van der Waals surface area (Å²) in [6.45, 7) is 2.87. The van der Waals surface area contributed by atoms with E-state index in [4.69, 9.17) is 11.2 Å². The van der Waals surface area contributed by atoms with E-state index >= 15 is 0 Å². The summed E-state index contributed by atoms with van der Waals surface area (Å²) in [5.41, 5.74) is 2.52. The lowest BCUT2D eigenvalue weighted by Gasteiger charge is -2.28. The number of carbonyl (C=O) groups excluding carboxylic acids is 3. The fourth-order valence-electron chi connectivity index (χ4n) is 3.62. The third-order valence-corrected chi connectivity index (χ3v) is 6.29. The number of nitrogens with zero attached hydrogens (tertiary/aromatic N) is 3. The average Bonchev–Trinajstić information content (AvgIpc) is 3.47. The van der Waals surface area contributed by atoms with Gasteiger partial charge in [-0.25, -0.2) is 4.98 Å². The topological polar surface area (TPSA) is 106 Å². The maximum absolute atomic E-state index is 13.2. The molecule has 0 spiro atoms. The second-order valence-corrected chi connectivity index (χ2v) is 8.85. The number of hydrogen-bond acceptors (Lipinski definition) is 6. The molecule has 0 saturated carbocycles. The normalized spacial score (nSPS) is 14.4. The van der Waals surface area contributed by atoms with Gasteiger partial charge < -0.3 is 24.8 Å². The van der Waals surface area contributed by atoms with Gasteiger partial charge in [-0.15, -0.1) is 17.8 Å². The number of hydrogen-bond donors (Lipinski definition) is 2. The van der Waals surface area contributed by atoms with Crippen LogP contribution in [0.2, 0.25) is 0 Å². The van der Waals surface area contributed by atoms with Crippen LogP contribution in [0, 0.1) is 19.3 Å². The van der Waals surface area contributed by atoms with Gasteiger partial charge in [0.15, 0.2) is 6.04 Å². The van der Waals surface area contributed by atoms with Crippen molar-refractivity contribution in [3.05, 3.63) is 63.9 Å². The van der Waals surface area contributed by atoms with E-state index in [-0.39, 0.29) is 12.5 Å². The van der Waals surface area contributed by atoms with Gasteiger partial charge in [0.25, 0.3) is 17.7 Å². The molecule has 2 aromatic heterocycles. The third-order valence-electron chi connectivity index (χ3n) is 5.27. The molecule has 2 N–H and O–H groups in total. The zero-order valence-electron chi connectivity index (χ0n) is 18.7. The van der Waals surface area contributed by atoms with Crippen molar-refractivity contribution in [2.24, 2.45) is 7.05 Å². The predicted octanol–water partition coefficient (Wildman–Crippen LogP) is 2.24. The summed E-state index contributed by atoms with van der Waals surface area (Å²) in [6.07, 6.45) is 8.62. The number of morpholine rings is 1. The molecule has 0 radical (unpaired) electrons. The van der Waals surface area contributed by atoms with E-state index in [1.165, 1.54) is 11.3 Å². The van der Waals surface area contributed by atoms with Gasteiger partial charge >= 0.3 is 0 Å². The maximum atomic E-state index is 13.2. The van der Waals surface area contributed by atoms with Gasteiger partial charge in [0.2, 0.25) is 0 Å². The number of nitrogens with one attached hydrogen (secondary N) is 2. The zero-order valence-corrected chi connectivity index (χ0v) is 19.5. The minimum atomic E-state index is -1.02. The van der Waals surface area contributed by atoms with E-state index < -0.39 is 17.9 Å². The Kier molecular flexibility index (Phi) is 6.77. The van der Waals surface area contributed by atoms with E-state index in [0.717, 1.165) is 11.3 Å². The lowest BCUT2D eigenvalue weighted by molar-refractivity contribution is -0.125. The second kappa shape index (κ2) is 9.91. The number of aromatic nitrogens is 2. The number of rotatable bonds is 6. The number of aryl methyl sites for hydroxylation is 2. The van der Waals surface area contributed by atoms with E-state index in [1.54, 1.807) is 59.4 Å². The van der Waals surface area contributed by atoms with Crippen LogP contribution >= 0.6 is 11.3 Å². The molecule has 1 atom stereocenters. The van der Waals surface area contributed by atoms with Gasteiger partial charge in [0, 0.05) is 31.2 Å². The highest BCUT2D eigenvalue weighted by Crippen LogP contribution is 2.26. The summed E-state index contributed by atoms with van der Waals surface area (Å²) < 4.78 is 6.89. The van der Waals surface area contributed by atoms with E-state index in [1.807, 2.05) is 6.92 Å². The van der Waals surface area contributed by atoms with Crippen LogP contribution in [-0.2, 0) is 21.4 Å². The summed E-state index contributed by atoms with van der Waals surface area (Å²) in [6, 6.07) is 7.57. The molecule has 34 heavy (non-hydrogen) atoms. The van der Waals surface area contributed by atoms with E-state index in [0.29, 0.717) is 34.3 Å². The number of imidazole rings is 1. The summed E-state index contributed by atoms with van der Waals surface area (Å²) >= 11 is 1.17. The average molecular weight is 478 g/mol. The fourth-order valence-corrected chi connectivity index (χ4v) is 4.34. The number of anilines is 2. The first kappa shape index (κ1) is 23.2. The van der Waals surface area contributed by atoms with Crippen molar-refractivity contribution in [2.45, 2.75) is 13.0 Å². The Balaban J connectivity index is 1.53. The van der Waals surface area contributed by atoms with Crippen LogP contribution in [-0.4, -0.2) is 47.0 Å². The quantitative estimate of drug-likeness (QED) is 0.530. The van der Waals surface area contributed by atoms with Crippen molar-refractivity contribution in [3.8, 4) is 12.3 Å². The number of amides is 3. The Morgan fingerprint density at radius 1 is 1.29 bits per heavy atom. The monoisotopic (exact) mass is 477 g/mol. The Morgan fingerprint density at radius 2 is 2.12 bits per heavy atom. The SMILES string of the molecule is C#Cc1ccc(C(=O)NC(C(=O)Nc2ccc(N3CCOCC3=O)c(C)c2)c2cn(C)cn2)s1. The molecular weight excluding hydrogens is 454 g/mol. The minimum absolute atomic E-state index is 0.0520. The summed E-state index contributed by atoms with van der Waals surface area (Å²) in [4.78, 5) is 45.1. The molecule has 174 valence electrons. The summed E-state index contributed by atoms with van der Waals surface area (Å²) in [5.74, 6) is 1.52. The molecule has 10 heteroatoms. The molecule has 1 aliphatic rings. The third kappa shape index (κ3) is 5.01. The van der Waals surface area contributed by atoms with Gasteiger partial charge in [-0.1, -0.05) is 5.92 Å². The van der Waals surface area contributed by atoms with Crippen molar-refractivity contribution in [1.29, 1.82) is 0 Å². The molecule has 3 amide bonds. The van der Waals surface area contributed by atoms with Crippen LogP contribution in [0.4, 0.5) is 11.4 Å². The highest BCUT2D eigenvalue weighted by Gasteiger charge is 2.27. The highest BCUT2D eigenvalue weighted by atomic mass is 32.1. The molecule has 3 aromatic rings. The molecule has 1 unspecified atom stereocenters. The first-order chi connectivity index (χ1) is 16.4. The molecule has 1 aromatic carbocycles. The Morgan fingerprint density at radius 3 is 2.76 bits per heavy atom. The molecule has 1 aliphatic heterocycles. The zero-order chi connectivity index (χ0) is 24.2. The Bertz CT molecular complexity index is 1290. The van der Waals surface area contributed by atoms with Crippen molar-refractivity contribution in [1.82, 2.24) is 14.9 Å². The van der Waals surface area contributed by atoms with E-state index in [9.17, 15) is 14.4 Å². The van der Waals surface area contributed by atoms with Gasteiger partial charge in [-0.05, 0) is 42.8 Å². The van der Waals surface area contributed by atoms with Crippen molar-refractivity contribution in [2.75, 3.05) is 30.0 Å². The molecule has 4 rings (SSSR count). The predicted molar refractivity (Wildman–Crippen MR) is 129 cm³/mol. The lowest BCUT2D eigenvalue weighted by Crippen LogP contribution is -2.42. The maximum Gasteiger partial charge on any atom is 0.262 e. The number of benzene rings is 1. The largest absolute Gasteiger partial charge is 0.370 e. The molecule has 3 heterocycles. The number of terminal acetylenes is 1. The first-order valence-electron chi connectivity index (χ1n) is 10.5. The standard InChI is InChI=1S/C24H23N5O4S/c1-4-17-6-8-20(34-17)23(31)27-22(18-12-28(3)14-25-18)24(32)26-16-5-7-19(15(2)11-16)29-9-10-33-13-21(29)30/h1,5-8,11-12,14,22H,9-10,13H2,2-3H3,(H,26,32)(H,27,31). The lowest BCUT2D eigenvalue weighted by atomic mass is 10.1. The Hall–Kier alpha value is -3.94. The number of ether oxygens (including phenoxy) is 1. The molecule has 1 fully saturated rings. The van der Waals surface area contributed by atoms with Gasteiger partial charge in [0.1, 0.15) is 6.61 Å². The molecule has 0 bridgehead atoms. The molecule has 9 nitrogen and oxygen atoms in total. The van der Waals surface area contributed by atoms with Gasteiger partial charge in [-0.2, -0.15) is 0 Å². The summed E-state index contributed by atoms with van der Waals surface area (Å²) in [7, 11) is 1.78. The highest BCUT2D eigenvalue weighted by molar-refractivity contribution is 7.14. The van der Waals surface area contributed by atoms with Crippen molar-refractivity contribution >= 4 is 40.4 Å². The van der Waals surface area contributed by atoms with Gasteiger partial charge in [0.05, 0.1) is 28.4 Å².